The summed E-state index contributed by atoms with van der Waals surface area (Å²) in [6.07, 6.45) is 7.71. The first-order valence-electron chi connectivity index (χ1n) is 9.26. The van der Waals surface area contributed by atoms with Gasteiger partial charge in [0.2, 0.25) is 5.91 Å². The lowest BCUT2D eigenvalue weighted by Crippen LogP contribution is -2.51. The molecule has 2 amide bonds. The smallest absolute Gasteiger partial charge is 0.263 e. The largest absolute Gasteiger partial charge is 0.342 e. The SMILES string of the molecule is O=C1CC2(CCN1CC1CCC1)CCN(C(=O)c1cccs1)CC2. The standard InChI is InChI=1S/C19H26N2O2S/c22-17-13-19(8-11-21(17)14-15-3-1-4-15)6-9-20(10-7-19)18(23)16-5-2-12-24-16/h2,5,12,15H,1,3-4,6-11,13-14H2. The number of carbonyl (C=O) groups excluding carboxylic acids is 2. The molecule has 1 saturated carbocycles. The Hall–Kier alpha value is -1.36. The molecule has 4 rings (SSSR count). The average molecular weight is 346 g/mol. The number of rotatable bonds is 3. The summed E-state index contributed by atoms with van der Waals surface area (Å²) in [4.78, 5) is 30.0. The molecule has 4 nitrogen and oxygen atoms in total. The van der Waals surface area contributed by atoms with E-state index in [9.17, 15) is 9.59 Å². The highest BCUT2D eigenvalue weighted by Crippen LogP contribution is 2.42. The van der Waals surface area contributed by atoms with Crippen LogP contribution in [-0.4, -0.2) is 47.8 Å². The Morgan fingerprint density at radius 2 is 1.96 bits per heavy atom. The van der Waals surface area contributed by atoms with E-state index in [-0.39, 0.29) is 11.3 Å². The van der Waals surface area contributed by atoms with Crippen molar-refractivity contribution in [1.29, 1.82) is 0 Å². The third-order valence-corrected chi connectivity index (χ3v) is 7.20. The highest BCUT2D eigenvalue weighted by atomic mass is 32.1. The molecule has 130 valence electrons. The zero-order chi connectivity index (χ0) is 16.6. The molecule has 3 fully saturated rings. The van der Waals surface area contributed by atoms with Crippen molar-refractivity contribution in [1.82, 2.24) is 9.80 Å². The quantitative estimate of drug-likeness (QED) is 0.842. The predicted molar refractivity (Wildman–Crippen MR) is 95.0 cm³/mol. The highest BCUT2D eigenvalue weighted by Gasteiger charge is 2.42. The Morgan fingerprint density at radius 3 is 2.54 bits per heavy atom. The molecule has 0 unspecified atom stereocenters. The van der Waals surface area contributed by atoms with Gasteiger partial charge in [0, 0.05) is 32.6 Å². The molecule has 2 saturated heterocycles. The van der Waals surface area contributed by atoms with Gasteiger partial charge < -0.3 is 9.80 Å². The Balaban J connectivity index is 1.32. The molecule has 1 aromatic heterocycles. The van der Waals surface area contributed by atoms with Crippen LogP contribution in [-0.2, 0) is 4.79 Å². The van der Waals surface area contributed by atoms with Crippen molar-refractivity contribution in [3.05, 3.63) is 22.4 Å². The van der Waals surface area contributed by atoms with E-state index < -0.39 is 0 Å². The van der Waals surface area contributed by atoms with Crippen molar-refractivity contribution in [3.63, 3.8) is 0 Å². The molecular weight excluding hydrogens is 320 g/mol. The lowest BCUT2D eigenvalue weighted by atomic mass is 9.70. The number of piperidine rings is 2. The summed E-state index contributed by atoms with van der Waals surface area (Å²) in [6.45, 7) is 3.51. The van der Waals surface area contributed by atoms with Gasteiger partial charge in [-0.05, 0) is 54.9 Å². The number of nitrogens with zero attached hydrogens (tertiary/aromatic N) is 2. The van der Waals surface area contributed by atoms with Crippen LogP contribution < -0.4 is 0 Å². The Labute approximate surface area is 147 Å². The van der Waals surface area contributed by atoms with E-state index in [2.05, 4.69) is 4.90 Å². The van der Waals surface area contributed by atoms with Crippen LogP contribution in [0.4, 0.5) is 0 Å². The summed E-state index contributed by atoms with van der Waals surface area (Å²) in [5, 5.41) is 1.95. The summed E-state index contributed by atoms with van der Waals surface area (Å²) in [5.41, 5.74) is 0.152. The van der Waals surface area contributed by atoms with Gasteiger partial charge in [-0.15, -0.1) is 11.3 Å². The lowest BCUT2D eigenvalue weighted by molar-refractivity contribution is -0.140. The van der Waals surface area contributed by atoms with Gasteiger partial charge in [0.15, 0.2) is 0 Å². The minimum atomic E-state index is 0.152. The fourth-order valence-electron chi connectivity index (χ4n) is 4.36. The molecule has 0 N–H and O–H groups in total. The summed E-state index contributed by atoms with van der Waals surface area (Å²) in [5.74, 6) is 1.27. The molecule has 0 aromatic carbocycles. The zero-order valence-electron chi connectivity index (χ0n) is 14.2. The summed E-state index contributed by atoms with van der Waals surface area (Å²) in [7, 11) is 0. The van der Waals surface area contributed by atoms with Gasteiger partial charge in [0.05, 0.1) is 4.88 Å². The third kappa shape index (κ3) is 3.10. The van der Waals surface area contributed by atoms with E-state index in [4.69, 9.17) is 0 Å². The minimum absolute atomic E-state index is 0.152. The average Bonchev–Trinajstić information content (AvgIpc) is 3.07. The number of likely N-dealkylation sites (tertiary alicyclic amines) is 2. The Morgan fingerprint density at radius 1 is 1.21 bits per heavy atom. The van der Waals surface area contributed by atoms with Crippen molar-refractivity contribution < 1.29 is 9.59 Å². The van der Waals surface area contributed by atoms with Gasteiger partial charge >= 0.3 is 0 Å². The van der Waals surface area contributed by atoms with Gasteiger partial charge in [-0.3, -0.25) is 9.59 Å². The van der Waals surface area contributed by atoms with Crippen LogP contribution in [0.15, 0.2) is 17.5 Å². The molecule has 0 atom stereocenters. The van der Waals surface area contributed by atoms with Crippen LogP contribution in [0.5, 0.6) is 0 Å². The molecule has 0 radical (unpaired) electrons. The van der Waals surface area contributed by atoms with E-state index >= 15 is 0 Å². The van der Waals surface area contributed by atoms with E-state index in [0.29, 0.717) is 12.3 Å². The topological polar surface area (TPSA) is 40.6 Å². The van der Waals surface area contributed by atoms with Crippen molar-refractivity contribution in [2.24, 2.45) is 11.3 Å². The fourth-order valence-corrected chi connectivity index (χ4v) is 5.06. The molecule has 24 heavy (non-hydrogen) atoms. The minimum Gasteiger partial charge on any atom is -0.342 e. The van der Waals surface area contributed by atoms with Crippen LogP contribution in [0.25, 0.3) is 0 Å². The molecule has 3 heterocycles. The van der Waals surface area contributed by atoms with Gasteiger partial charge in [-0.25, -0.2) is 0 Å². The first-order chi connectivity index (χ1) is 11.7. The molecule has 3 aliphatic rings. The van der Waals surface area contributed by atoms with Crippen molar-refractivity contribution in [2.75, 3.05) is 26.2 Å². The third-order valence-electron chi connectivity index (χ3n) is 6.34. The number of hydrogen-bond acceptors (Lipinski definition) is 3. The maximum Gasteiger partial charge on any atom is 0.263 e. The molecule has 0 bridgehead atoms. The maximum atomic E-state index is 12.6. The van der Waals surface area contributed by atoms with Crippen molar-refractivity contribution >= 4 is 23.2 Å². The highest BCUT2D eigenvalue weighted by molar-refractivity contribution is 7.12. The van der Waals surface area contributed by atoms with E-state index in [0.717, 1.165) is 56.2 Å². The number of amides is 2. The normalized spacial score (nSPS) is 24.2. The van der Waals surface area contributed by atoms with Crippen LogP contribution in [0, 0.1) is 11.3 Å². The van der Waals surface area contributed by atoms with Crippen molar-refractivity contribution in [2.45, 2.75) is 44.9 Å². The monoisotopic (exact) mass is 346 g/mol. The molecule has 1 aliphatic carbocycles. The van der Waals surface area contributed by atoms with Crippen molar-refractivity contribution in [3.8, 4) is 0 Å². The summed E-state index contributed by atoms with van der Waals surface area (Å²) >= 11 is 1.51. The van der Waals surface area contributed by atoms with Gasteiger partial charge in [0.1, 0.15) is 0 Å². The molecule has 1 aromatic rings. The second-order valence-corrected chi connectivity index (χ2v) is 8.78. The molecular formula is C19H26N2O2S. The Bertz CT molecular complexity index is 601. The summed E-state index contributed by atoms with van der Waals surface area (Å²) in [6, 6.07) is 3.83. The van der Waals surface area contributed by atoms with Crippen LogP contribution in [0.3, 0.4) is 0 Å². The van der Waals surface area contributed by atoms with Crippen LogP contribution >= 0.6 is 11.3 Å². The molecule has 2 aliphatic heterocycles. The number of carbonyl (C=O) groups is 2. The van der Waals surface area contributed by atoms with Crippen LogP contribution in [0.1, 0.15) is 54.6 Å². The first-order valence-corrected chi connectivity index (χ1v) is 10.1. The molecule has 5 heteroatoms. The van der Waals surface area contributed by atoms with E-state index in [1.807, 2.05) is 22.4 Å². The molecule has 1 spiro atoms. The zero-order valence-corrected chi connectivity index (χ0v) is 15.0. The van der Waals surface area contributed by atoms with E-state index in [1.54, 1.807) is 0 Å². The van der Waals surface area contributed by atoms with Gasteiger partial charge in [-0.1, -0.05) is 12.5 Å². The number of hydrogen-bond donors (Lipinski definition) is 0. The second-order valence-electron chi connectivity index (χ2n) is 7.83. The lowest BCUT2D eigenvalue weighted by Gasteiger charge is -2.47. The van der Waals surface area contributed by atoms with E-state index in [1.165, 1.54) is 30.6 Å². The van der Waals surface area contributed by atoms with Crippen LogP contribution in [0.2, 0.25) is 0 Å². The Kier molecular flexibility index (Phi) is 4.37. The predicted octanol–water partition coefficient (Wildman–Crippen LogP) is 3.39. The fraction of sp³-hybridized carbons (Fsp3) is 0.684. The number of thiophene rings is 1. The maximum absolute atomic E-state index is 12.6. The van der Waals surface area contributed by atoms with Gasteiger partial charge in [0.25, 0.3) is 5.91 Å². The first kappa shape index (κ1) is 16.1. The second kappa shape index (κ2) is 6.51. The van der Waals surface area contributed by atoms with Gasteiger partial charge in [-0.2, -0.15) is 0 Å². The summed E-state index contributed by atoms with van der Waals surface area (Å²) < 4.78 is 0.